The number of carboxylic acids is 2. The van der Waals surface area contributed by atoms with Crippen molar-refractivity contribution in [1.82, 2.24) is 0 Å². The molecule has 0 atom stereocenters. The largest absolute Gasteiger partial charge is 2.00 e. The summed E-state index contributed by atoms with van der Waals surface area (Å²) in [5, 5.41) is 20.9. The van der Waals surface area contributed by atoms with E-state index in [0.29, 0.717) is 5.56 Å². The van der Waals surface area contributed by atoms with Gasteiger partial charge in [-0.2, -0.15) is 0 Å². The van der Waals surface area contributed by atoms with Crippen molar-refractivity contribution in [3.05, 3.63) is 49.2 Å². The van der Waals surface area contributed by atoms with Gasteiger partial charge in [0, 0.05) is 11.5 Å². The normalized spacial score (nSPS) is 9.82. The first-order chi connectivity index (χ1) is 21.4. The molecule has 5 heteroatoms. The first-order valence-electron chi connectivity index (χ1n) is 18.4. The van der Waals surface area contributed by atoms with Crippen molar-refractivity contribution in [3.63, 3.8) is 0 Å². The van der Waals surface area contributed by atoms with E-state index in [-0.39, 0.29) is 30.3 Å². The topological polar surface area (TPSA) is 80.3 Å². The van der Waals surface area contributed by atoms with Gasteiger partial charge >= 0.3 is 23.9 Å². The van der Waals surface area contributed by atoms with Gasteiger partial charge in [-0.25, -0.2) is 0 Å². The Morgan fingerprint density at radius 1 is 0.533 bits per heavy atom. The van der Waals surface area contributed by atoms with Crippen molar-refractivity contribution in [3.8, 4) is 0 Å². The molecule has 0 fully saturated rings. The van der Waals surface area contributed by atoms with Gasteiger partial charge in [0.15, 0.2) is 0 Å². The summed E-state index contributed by atoms with van der Waals surface area (Å²) < 4.78 is 0. The maximum atomic E-state index is 10.6. The van der Waals surface area contributed by atoms with Crippen LogP contribution in [0.25, 0.3) is 0 Å². The van der Waals surface area contributed by atoms with Gasteiger partial charge < -0.3 is 19.8 Å². The van der Waals surface area contributed by atoms with E-state index in [1.807, 2.05) is 19.1 Å². The molecule has 45 heavy (non-hydrogen) atoms. The van der Waals surface area contributed by atoms with Crippen molar-refractivity contribution in [1.29, 1.82) is 0 Å². The number of hydrogen-bond acceptors (Lipinski definition) is 4. The molecule has 1 rings (SSSR count). The number of aryl methyl sites for hydroxylation is 1. The van der Waals surface area contributed by atoms with Gasteiger partial charge in [0.05, 0.1) is 5.97 Å². The molecule has 4 nitrogen and oxygen atoms in total. The fourth-order valence-corrected chi connectivity index (χ4v) is 4.55. The number of carbonyl (C=O) groups is 2. The maximum Gasteiger partial charge on any atom is 2.00 e. The Bertz CT molecular complexity index is 699. The smallest absolute Gasteiger partial charge is 0.550 e. The van der Waals surface area contributed by atoms with E-state index in [1.165, 1.54) is 122 Å². The fourth-order valence-electron chi connectivity index (χ4n) is 4.55. The van der Waals surface area contributed by atoms with Gasteiger partial charge in [-0.1, -0.05) is 213 Å². The molecular weight excluding hydrogens is 663 g/mol. The van der Waals surface area contributed by atoms with Gasteiger partial charge in [-0.15, -0.1) is 0 Å². The minimum absolute atomic E-state index is 0. The molecule has 260 valence electrons. The Kier molecular flexibility index (Phi) is 50.9. The van der Waals surface area contributed by atoms with Gasteiger partial charge in [-0.05, 0) is 24.8 Å². The van der Waals surface area contributed by atoms with Crippen molar-refractivity contribution >= 4 is 35.8 Å². The summed E-state index contributed by atoms with van der Waals surface area (Å²) in [6.07, 6.45) is 32.0. The SMILES string of the molecule is CCCCCCCCCCCCCCCCCCCCCC(=O)[O-].CCCc1ccccc1C(=O)[O-].[CH2]CCC.[CH2]CCC.[Sn+2]. The Morgan fingerprint density at radius 3 is 1.16 bits per heavy atom. The van der Waals surface area contributed by atoms with Crippen LogP contribution >= 0.6 is 0 Å². The summed E-state index contributed by atoms with van der Waals surface area (Å²) in [6, 6.07) is 6.97. The predicted octanol–water partition coefficient (Wildman–Crippen LogP) is 10.4. The summed E-state index contributed by atoms with van der Waals surface area (Å²) in [5.74, 6) is -1.99. The van der Waals surface area contributed by atoms with E-state index >= 15 is 0 Å². The third-order valence-corrected chi connectivity index (χ3v) is 7.45. The molecular formula is C40H72O4Sn. The molecule has 0 saturated heterocycles. The van der Waals surface area contributed by atoms with Crippen LogP contribution in [0.2, 0.25) is 0 Å². The molecule has 0 aliphatic heterocycles. The van der Waals surface area contributed by atoms with E-state index in [1.54, 1.807) is 12.1 Å². The molecule has 0 N–H and O–H groups in total. The molecule has 0 aromatic heterocycles. The average Bonchev–Trinajstić information content (AvgIpc) is 3.03. The molecule has 0 amide bonds. The number of aliphatic carboxylic acids is 1. The van der Waals surface area contributed by atoms with Crippen LogP contribution in [0.15, 0.2) is 24.3 Å². The van der Waals surface area contributed by atoms with Crippen molar-refractivity contribution in [2.45, 2.75) is 195 Å². The monoisotopic (exact) mass is 736 g/mol. The number of unbranched alkanes of at least 4 members (excludes halogenated alkanes) is 20. The molecule has 0 heterocycles. The average molecular weight is 736 g/mol. The summed E-state index contributed by atoms with van der Waals surface area (Å²) in [6.45, 7) is 15.7. The van der Waals surface area contributed by atoms with Crippen LogP contribution in [0.1, 0.15) is 204 Å². The van der Waals surface area contributed by atoms with Crippen molar-refractivity contribution in [2.75, 3.05) is 0 Å². The summed E-state index contributed by atoms with van der Waals surface area (Å²) in [4.78, 5) is 20.9. The summed E-state index contributed by atoms with van der Waals surface area (Å²) in [7, 11) is 0. The second-order valence-corrected chi connectivity index (χ2v) is 11.9. The van der Waals surface area contributed by atoms with E-state index in [4.69, 9.17) is 0 Å². The van der Waals surface area contributed by atoms with E-state index in [2.05, 4.69) is 34.6 Å². The zero-order valence-corrected chi connectivity index (χ0v) is 33.1. The Hall–Kier alpha value is -1.04. The number of benzene rings is 1. The standard InChI is InChI=1S/C22H44O2.C10H12O2.2C4H9.Sn/c1-2-3-4-5-6-7-8-9-10-11-12-13-14-15-16-17-18-19-20-21-22(23)24;1-2-5-8-6-3-4-7-9(8)10(11)12;2*1-3-4-2;/h2-21H2,1H3,(H,23,24);3-4,6-7H,2,5H2,1H3,(H,11,12);2*1,3-4H2,2H3;/q;;;;+2/p-2. The predicted molar refractivity (Wildman–Crippen MR) is 194 cm³/mol. The molecule has 1 aromatic rings. The minimum atomic E-state index is -1.08. The van der Waals surface area contributed by atoms with Crippen LogP contribution in [-0.4, -0.2) is 35.8 Å². The molecule has 0 spiro atoms. The quantitative estimate of drug-likeness (QED) is 0.0740. The van der Waals surface area contributed by atoms with Crippen LogP contribution in [0, 0.1) is 13.8 Å². The number of rotatable bonds is 25. The van der Waals surface area contributed by atoms with Gasteiger partial charge in [-0.3, -0.25) is 0 Å². The zero-order chi connectivity index (χ0) is 33.5. The summed E-state index contributed by atoms with van der Waals surface area (Å²) in [5.41, 5.74) is 1.18. The first kappa shape index (κ1) is 50.8. The minimum Gasteiger partial charge on any atom is -0.550 e. The molecule has 1 aromatic carbocycles. The summed E-state index contributed by atoms with van der Waals surface area (Å²) >= 11 is 0. The zero-order valence-electron chi connectivity index (χ0n) is 30.2. The van der Waals surface area contributed by atoms with Gasteiger partial charge in [0.25, 0.3) is 0 Å². The van der Waals surface area contributed by atoms with E-state index in [0.717, 1.165) is 44.1 Å². The molecule has 4 radical (unpaired) electrons. The molecule has 0 bridgehead atoms. The number of aromatic carboxylic acids is 1. The van der Waals surface area contributed by atoms with Crippen molar-refractivity contribution in [2.24, 2.45) is 0 Å². The Balaban J connectivity index is -0.000000329. The van der Waals surface area contributed by atoms with Gasteiger partial charge in [0.2, 0.25) is 0 Å². The van der Waals surface area contributed by atoms with Crippen LogP contribution in [0.5, 0.6) is 0 Å². The second-order valence-electron chi connectivity index (χ2n) is 11.9. The van der Waals surface area contributed by atoms with E-state index in [9.17, 15) is 19.8 Å². The van der Waals surface area contributed by atoms with E-state index < -0.39 is 11.9 Å². The van der Waals surface area contributed by atoms with Crippen LogP contribution < -0.4 is 10.2 Å². The van der Waals surface area contributed by atoms with Crippen molar-refractivity contribution < 1.29 is 19.8 Å². The first-order valence-corrected chi connectivity index (χ1v) is 18.4. The Labute approximate surface area is 298 Å². The maximum absolute atomic E-state index is 10.6. The fraction of sp³-hybridized carbons (Fsp3) is 0.750. The number of carboxylic acid groups (broad SMARTS) is 2. The third-order valence-electron chi connectivity index (χ3n) is 7.45. The third kappa shape index (κ3) is 45.1. The number of hydrogen-bond donors (Lipinski definition) is 0. The van der Waals surface area contributed by atoms with Crippen LogP contribution in [0.3, 0.4) is 0 Å². The Morgan fingerprint density at radius 2 is 0.867 bits per heavy atom. The van der Waals surface area contributed by atoms with Crippen LogP contribution in [-0.2, 0) is 11.2 Å². The molecule has 0 saturated carbocycles. The second kappa shape index (κ2) is 45.1. The molecule has 0 unspecified atom stereocenters. The molecule has 0 aliphatic rings. The number of carbonyl (C=O) groups excluding carboxylic acids is 2. The van der Waals surface area contributed by atoms with Gasteiger partial charge in [0.1, 0.15) is 0 Å². The molecule has 0 aliphatic carbocycles. The van der Waals surface area contributed by atoms with Crippen LogP contribution in [0.4, 0.5) is 0 Å².